The molecule has 0 saturated heterocycles. The summed E-state index contributed by atoms with van der Waals surface area (Å²) in [6.07, 6.45) is 3.35. The second kappa shape index (κ2) is 2.44. The summed E-state index contributed by atoms with van der Waals surface area (Å²) < 4.78 is 0. The molecule has 3 nitrogen and oxygen atoms in total. The maximum absolute atomic E-state index is 4.15. The van der Waals surface area contributed by atoms with E-state index in [9.17, 15) is 0 Å². The Morgan fingerprint density at radius 3 is 2.83 bits per heavy atom. The van der Waals surface area contributed by atoms with E-state index in [1.54, 1.807) is 12.4 Å². The van der Waals surface area contributed by atoms with Crippen LogP contribution in [-0.4, -0.2) is 15.0 Å². The monoisotopic (exact) mass is 159 g/mol. The Labute approximate surface area is 70.2 Å². The molecule has 0 aromatic carbocycles. The van der Waals surface area contributed by atoms with Gasteiger partial charge in [0.1, 0.15) is 5.52 Å². The molecule has 0 spiro atoms. The van der Waals surface area contributed by atoms with Gasteiger partial charge in [-0.2, -0.15) is 0 Å². The Balaban J connectivity index is 2.70. The maximum Gasteiger partial charge on any atom is 0.156 e. The predicted molar refractivity (Wildman–Crippen MR) is 48.6 cm³/mol. The zero-order valence-corrected chi connectivity index (χ0v) is 6.83. The Bertz CT molecular complexity index is 395. The number of allylic oxidation sites excluding steroid dienone is 1. The number of nitrogens with zero attached hydrogens (tertiary/aromatic N) is 2. The topological polar surface area (TPSA) is 41.6 Å². The van der Waals surface area contributed by atoms with Gasteiger partial charge in [-0.3, -0.25) is 4.98 Å². The highest BCUT2D eigenvalue weighted by atomic mass is 14.9. The van der Waals surface area contributed by atoms with E-state index in [2.05, 4.69) is 21.5 Å². The number of hydrogen-bond donors (Lipinski definition) is 1. The van der Waals surface area contributed by atoms with Crippen LogP contribution in [0, 0.1) is 0 Å². The van der Waals surface area contributed by atoms with Crippen LogP contribution in [0.3, 0.4) is 0 Å². The zero-order chi connectivity index (χ0) is 8.55. The number of aromatic amines is 1. The van der Waals surface area contributed by atoms with Crippen LogP contribution in [0.4, 0.5) is 0 Å². The summed E-state index contributed by atoms with van der Waals surface area (Å²) in [4.78, 5) is 11.4. The predicted octanol–water partition coefficient (Wildman–Crippen LogP) is 1.99. The summed E-state index contributed by atoms with van der Waals surface area (Å²) in [5, 5.41) is 0. The quantitative estimate of drug-likeness (QED) is 0.691. The number of nitrogens with one attached hydrogen (secondary N) is 1. The lowest BCUT2D eigenvalue weighted by Crippen LogP contribution is -1.77. The lowest BCUT2D eigenvalue weighted by atomic mass is 10.2. The minimum absolute atomic E-state index is 0.815. The Hall–Kier alpha value is -1.64. The minimum atomic E-state index is 0.815. The van der Waals surface area contributed by atoms with Crippen LogP contribution in [0.5, 0.6) is 0 Å². The fraction of sp³-hybridized carbons (Fsp3) is 0.111. The third-order valence-corrected chi connectivity index (χ3v) is 1.72. The van der Waals surface area contributed by atoms with Gasteiger partial charge in [-0.1, -0.05) is 6.58 Å². The first-order chi connectivity index (χ1) is 5.77. The molecule has 0 unspecified atom stereocenters. The van der Waals surface area contributed by atoms with E-state index in [4.69, 9.17) is 0 Å². The van der Waals surface area contributed by atoms with Crippen molar-refractivity contribution in [3.8, 4) is 0 Å². The van der Waals surface area contributed by atoms with E-state index < -0.39 is 0 Å². The largest absolute Gasteiger partial charge is 0.338 e. The van der Waals surface area contributed by atoms with Crippen LogP contribution in [0.25, 0.3) is 16.7 Å². The molecular weight excluding hydrogens is 150 g/mol. The normalized spacial score (nSPS) is 10.4. The molecule has 0 bridgehead atoms. The molecule has 2 aromatic heterocycles. The van der Waals surface area contributed by atoms with E-state index in [1.807, 2.05) is 13.0 Å². The summed E-state index contributed by atoms with van der Waals surface area (Å²) in [5.41, 5.74) is 3.69. The van der Waals surface area contributed by atoms with Crippen molar-refractivity contribution < 1.29 is 0 Å². The standard InChI is InChI=1S/C9H9N3/c1-6(2)7-5-8-9(12-7)11-4-3-10-8/h3-5H,1H2,2H3,(H,11,12). The third-order valence-electron chi connectivity index (χ3n) is 1.72. The number of H-pyrrole nitrogens is 1. The highest BCUT2D eigenvalue weighted by molar-refractivity contribution is 5.77. The molecular formula is C9H9N3. The molecule has 3 heteroatoms. The average molecular weight is 159 g/mol. The van der Waals surface area contributed by atoms with E-state index in [-0.39, 0.29) is 0 Å². The zero-order valence-electron chi connectivity index (χ0n) is 6.83. The van der Waals surface area contributed by atoms with Gasteiger partial charge < -0.3 is 4.98 Å². The molecule has 12 heavy (non-hydrogen) atoms. The third kappa shape index (κ3) is 0.993. The van der Waals surface area contributed by atoms with Crippen molar-refractivity contribution in [2.75, 3.05) is 0 Å². The Morgan fingerprint density at radius 1 is 1.42 bits per heavy atom. The fourth-order valence-corrected chi connectivity index (χ4v) is 1.08. The van der Waals surface area contributed by atoms with Crippen LogP contribution < -0.4 is 0 Å². The second-order valence-corrected chi connectivity index (χ2v) is 2.75. The van der Waals surface area contributed by atoms with E-state index in [1.165, 1.54) is 0 Å². The van der Waals surface area contributed by atoms with Gasteiger partial charge in [0.15, 0.2) is 5.65 Å². The smallest absolute Gasteiger partial charge is 0.156 e. The first-order valence-electron chi connectivity index (χ1n) is 3.73. The van der Waals surface area contributed by atoms with Crippen LogP contribution in [0.2, 0.25) is 0 Å². The number of hydrogen-bond acceptors (Lipinski definition) is 2. The van der Waals surface area contributed by atoms with E-state index in [0.29, 0.717) is 0 Å². The van der Waals surface area contributed by atoms with Crippen molar-refractivity contribution in [3.05, 3.63) is 30.7 Å². The minimum Gasteiger partial charge on any atom is -0.338 e. The van der Waals surface area contributed by atoms with Gasteiger partial charge in [0, 0.05) is 18.1 Å². The number of rotatable bonds is 1. The van der Waals surface area contributed by atoms with Crippen LogP contribution in [0.15, 0.2) is 25.0 Å². The molecule has 60 valence electrons. The molecule has 2 rings (SSSR count). The summed E-state index contributed by atoms with van der Waals surface area (Å²) in [5.74, 6) is 0. The SMILES string of the molecule is C=C(C)c1cc2nccnc2[nH]1. The molecule has 2 aromatic rings. The lowest BCUT2D eigenvalue weighted by molar-refractivity contribution is 1.25. The summed E-state index contributed by atoms with van der Waals surface area (Å²) in [6.45, 7) is 5.78. The summed E-state index contributed by atoms with van der Waals surface area (Å²) >= 11 is 0. The van der Waals surface area contributed by atoms with Gasteiger partial charge in [0.2, 0.25) is 0 Å². The van der Waals surface area contributed by atoms with Crippen molar-refractivity contribution in [2.24, 2.45) is 0 Å². The van der Waals surface area contributed by atoms with Crippen molar-refractivity contribution >= 4 is 16.7 Å². The maximum atomic E-state index is 4.15. The summed E-state index contributed by atoms with van der Waals surface area (Å²) in [7, 11) is 0. The Kier molecular flexibility index (Phi) is 1.43. The van der Waals surface area contributed by atoms with Crippen LogP contribution >= 0.6 is 0 Å². The highest BCUT2D eigenvalue weighted by Gasteiger charge is 2.00. The molecule has 0 aliphatic heterocycles. The fourth-order valence-electron chi connectivity index (χ4n) is 1.08. The van der Waals surface area contributed by atoms with Gasteiger partial charge >= 0.3 is 0 Å². The highest BCUT2D eigenvalue weighted by Crippen LogP contribution is 2.14. The first kappa shape index (κ1) is 7.03. The van der Waals surface area contributed by atoms with Gasteiger partial charge in [0.05, 0.1) is 0 Å². The molecule has 0 amide bonds. The van der Waals surface area contributed by atoms with Crippen molar-refractivity contribution in [2.45, 2.75) is 6.92 Å². The number of aromatic nitrogens is 3. The van der Waals surface area contributed by atoms with Gasteiger partial charge in [-0.15, -0.1) is 0 Å². The second-order valence-electron chi connectivity index (χ2n) is 2.75. The average Bonchev–Trinajstić information content (AvgIpc) is 2.46. The molecule has 0 aliphatic carbocycles. The number of fused-ring (bicyclic) bond motifs is 1. The van der Waals surface area contributed by atoms with Crippen molar-refractivity contribution in [1.82, 2.24) is 15.0 Å². The molecule has 0 fully saturated rings. The van der Waals surface area contributed by atoms with E-state index >= 15 is 0 Å². The molecule has 0 aliphatic rings. The first-order valence-corrected chi connectivity index (χ1v) is 3.73. The molecule has 0 atom stereocenters. The molecule has 0 radical (unpaired) electrons. The lowest BCUT2D eigenvalue weighted by Gasteiger charge is -1.89. The van der Waals surface area contributed by atoms with Crippen LogP contribution in [0.1, 0.15) is 12.6 Å². The van der Waals surface area contributed by atoms with Crippen molar-refractivity contribution in [3.63, 3.8) is 0 Å². The van der Waals surface area contributed by atoms with E-state index in [0.717, 1.165) is 22.4 Å². The molecule has 1 N–H and O–H groups in total. The van der Waals surface area contributed by atoms with Crippen molar-refractivity contribution in [1.29, 1.82) is 0 Å². The van der Waals surface area contributed by atoms with Gasteiger partial charge in [-0.05, 0) is 18.6 Å². The summed E-state index contributed by atoms with van der Waals surface area (Å²) in [6, 6.07) is 1.95. The van der Waals surface area contributed by atoms with Gasteiger partial charge in [-0.25, -0.2) is 4.98 Å². The molecule has 2 heterocycles. The van der Waals surface area contributed by atoms with Gasteiger partial charge in [0.25, 0.3) is 0 Å². The van der Waals surface area contributed by atoms with Crippen LogP contribution in [-0.2, 0) is 0 Å². The molecule has 0 saturated carbocycles. The Morgan fingerprint density at radius 2 is 2.17 bits per heavy atom.